The minimum absolute atomic E-state index is 0.0736. The molecule has 274 valence electrons. The lowest BCUT2D eigenvalue weighted by Gasteiger charge is -2.26. The summed E-state index contributed by atoms with van der Waals surface area (Å²) in [5, 5.41) is 20.9. The van der Waals surface area contributed by atoms with Gasteiger partial charge in [-0.15, -0.1) is 0 Å². The number of para-hydroxylation sites is 1. The monoisotopic (exact) mass is 710 g/mol. The Kier molecular flexibility index (Phi) is 15.8. The Bertz CT molecular complexity index is 1370. The standard InChI is InChI=1S/C27H38N4O4.2C2HF3O2/c1-3-20(32)8-5-4-6-10-22(30-27(33)19-12-14-31(2)15-13-19)26-28-18-23(29-26)21-9-7-11-24-25(21)35-17-16-34-24;2*3-2(4,5)1(6)7/h7,9,11,18-19,22H,3-6,8,10,12-17H2,1-2H3,(H,28,29)(H,30,33);2*(H,6,7)/t22-;;/m0../s1. The van der Waals surface area contributed by atoms with Crippen molar-refractivity contribution in [1.29, 1.82) is 0 Å². The zero-order chi connectivity index (χ0) is 36.8. The second-order valence-corrected chi connectivity index (χ2v) is 11.4. The van der Waals surface area contributed by atoms with Crippen molar-refractivity contribution in [2.24, 2.45) is 5.92 Å². The van der Waals surface area contributed by atoms with Crippen LogP contribution in [0.3, 0.4) is 0 Å². The molecule has 0 radical (unpaired) electrons. The lowest BCUT2D eigenvalue weighted by Crippen LogP contribution is -3.10. The number of hydrogen-bond donors (Lipinski definition) is 3. The first kappa shape index (κ1) is 40.8. The zero-order valence-electron chi connectivity index (χ0n) is 27.0. The molecule has 0 unspecified atom stereocenters. The van der Waals surface area contributed by atoms with Gasteiger partial charge in [0.05, 0.1) is 25.7 Å². The lowest BCUT2D eigenvalue weighted by molar-refractivity contribution is -0.885. The number of alkyl halides is 6. The van der Waals surface area contributed by atoms with Crippen LogP contribution in [0.1, 0.15) is 70.2 Å². The fourth-order valence-corrected chi connectivity index (χ4v) is 4.96. The highest BCUT2D eigenvalue weighted by atomic mass is 19.4. The molecule has 1 aromatic heterocycles. The molecule has 1 saturated heterocycles. The molecule has 0 spiro atoms. The molecule has 4 N–H and O–H groups in total. The van der Waals surface area contributed by atoms with Gasteiger partial charge in [0.2, 0.25) is 5.91 Å². The molecular formula is C31H40F6N4O8. The Balaban J connectivity index is 0.000000500. The number of quaternary nitrogens is 1. The van der Waals surface area contributed by atoms with Gasteiger partial charge in [-0.25, -0.2) is 9.97 Å². The quantitative estimate of drug-likeness (QED) is 0.227. The summed E-state index contributed by atoms with van der Waals surface area (Å²) in [7, 11) is 2.19. The summed E-state index contributed by atoms with van der Waals surface area (Å²) in [6, 6.07) is 5.75. The van der Waals surface area contributed by atoms with Gasteiger partial charge in [-0.05, 0) is 25.0 Å². The number of rotatable bonds is 11. The van der Waals surface area contributed by atoms with Gasteiger partial charge in [-0.3, -0.25) is 9.59 Å². The topological polar surface area (TPSA) is 179 Å². The summed E-state index contributed by atoms with van der Waals surface area (Å²) < 4.78 is 74.7. The number of imidazole rings is 1. The summed E-state index contributed by atoms with van der Waals surface area (Å²) in [6.07, 6.45) is -1.72. The summed E-state index contributed by atoms with van der Waals surface area (Å²) in [6.45, 7) is 5.06. The number of carboxylic acid groups (broad SMARTS) is 2. The van der Waals surface area contributed by atoms with Gasteiger partial charge in [0.15, 0.2) is 17.2 Å². The third-order valence-electron chi connectivity index (χ3n) is 7.68. The summed E-state index contributed by atoms with van der Waals surface area (Å²) in [5.74, 6) is -3.10. The number of ether oxygens (including phenoxy) is 2. The molecule has 1 atom stereocenters. The molecule has 2 aromatic rings. The molecule has 2 aliphatic heterocycles. The van der Waals surface area contributed by atoms with E-state index in [4.69, 9.17) is 29.3 Å². The average molecular weight is 711 g/mol. The SMILES string of the molecule is CCC(=O)CCCCC[C@H](NC(=O)C1CC[NH+](C)CC1)c1[nH]c(-c2cccc3c2OCCO3)c[nH+]1.O=C([O-])C(F)(F)F.O=C([O-])C(F)(F)F. The smallest absolute Gasteiger partial charge is 0.430 e. The molecule has 18 heteroatoms. The van der Waals surface area contributed by atoms with Crippen LogP contribution in [0.25, 0.3) is 11.3 Å². The van der Waals surface area contributed by atoms with E-state index in [9.17, 15) is 35.9 Å². The predicted octanol–water partition coefficient (Wildman–Crippen LogP) is 0.876. The first-order valence-corrected chi connectivity index (χ1v) is 15.6. The van der Waals surface area contributed by atoms with Crippen molar-refractivity contribution in [2.45, 2.75) is 76.7 Å². The first-order valence-electron chi connectivity index (χ1n) is 15.6. The van der Waals surface area contributed by atoms with Crippen LogP contribution in [-0.2, 0) is 19.2 Å². The number of carbonyl (C=O) groups excluding carboxylic acids is 4. The number of likely N-dealkylation sites (tertiary alicyclic amines) is 1. The Labute approximate surface area is 278 Å². The highest BCUT2D eigenvalue weighted by Gasteiger charge is 2.31. The largest absolute Gasteiger partial charge is 0.542 e. The van der Waals surface area contributed by atoms with Gasteiger partial charge in [0.25, 0.3) is 5.82 Å². The van der Waals surface area contributed by atoms with E-state index in [-0.39, 0.29) is 17.9 Å². The Morgan fingerprint density at radius 1 is 0.980 bits per heavy atom. The van der Waals surface area contributed by atoms with Gasteiger partial charge < -0.3 is 39.5 Å². The van der Waals surface area contributed by atoms with Crippen molar-refractivity contribution in [3.05, 3.63) is 30.2 Å². The number of Topliss-reactive ketones (excluding diaryl/α,β-unsaturated/α-hetero) is 1. The number of benzene rings is 1. The van der Waals surface area contributed by atoms with E-state index < -0.39 is 24.3 Å². The number of aromatic amines is 2. The van der Waals surface area contributed by atoms with Crippen molar-refractivity contribution in [2.75, 3.05) is 33.4 Å². The molecule has 1 amide bonds. The predicted molar refractivity (Wildman–Crippen MR) is 155 cm³/mol. The molecule has 0 bridgehead atoms. The maximum absolute atomic E-state index is 13.1. The van der Waals surface area contributed by atoms with Gasteiger partial charge >= 0.3 is 12.4 Å². The molecule has 0 saturated carbocycles. The molecule has 12 nitrogen and oxygen atoms in total. The minimum atomic E-state index is -5.19. The van der Waals surface area contributed by atoms with Crippen molar-refractivity contribution in [1.82, 2.24) is 10.3 Å². The second kappa shape index (κ2) is 19.0. The number of piperidine rings is 1. The number of ketones is 1. The Morgan fingerprint density at radius 3 is 2.14 bits per heavy atom. The maximum atomic E-state index is 13.1. The van der Waals surface area contributed by atoms with Gasteiger partial charge in [0, 0.05) is 31.6 Å². The van der Waals surface area contributed by atoms with E-state index >= 15 is 0 Å². The van der Waals surface area contributed by atoms with Crippen molar-refractivity contribution < 1.29 is 75.1 Å². The molecule has 2 aliphatic rings. The zero-order valence-corrected chi connectivity index (χ0v) is 27.0. The molecule has 4 rings (SSSR count). The van der Waals surface area contributed by atoms with E-state index in [0.717, 1.165) is 80.2 Å². The van der Waals surface area contributed by atoms with E-state index in [1.165, 1.54) is 4.90 Å². The van der Waals surface area contributed by atoms with E-state index in [1.54, 1.807) is 0 Å². The molecule has 0 aliphatic carbocycles. The number of halogens is 6. The normalized spacial score (nSPS) is 17.7. The number of aliphatic carboxylic acids is 2. The van der Waals surface area contributed by atoms with Crippen LogP contribution in [-0.4, -0.2) is 74.3 Å². The summed E-state index contributed by atoms with van der Waals surface area (Å²) in [5.41, 5.74) is 1.84. The number of carboxylic acids is 2. The van der Waals surface area contributed by atoms with E-state index in [2.05, 4.69) is 22.3 Å². The third kappa shape index (κ3) is 14.0. The van der Waals surface area contributed by atoms with Gasteiger partial charge in [-0.2, -0.15) is 26.3 Å². The molecular weight excluding hydrogens is 670 g/mol. The number of carbonyl (C=O) groups is 4. The van der Waals surface area contributed by atoms with Gasteiger partial charge in [-0.1, -0.05) is 25.8 Å². The number of nitrogens with one attached hydrogen (secondary N) is 4. The van der Waals surface area contributed by atoms with Crippen LogP contribution in [0.2, 0.25) is 0 Å². The van der Waals surface area contributed by atoms with Crippen LogP contribution in [0.5, 0.6) is 11.5 Å². The Hall–Kier alpha value is -4.35. The van der Waals surface area contributed by atoms with Gasteiger partial charge in [0.1, 0.15) is 43.2 Å². The van der Waals surface area contributed by atoms with E-state index in [0.29, 0.717) is 31.8 Å². The second-order valence-electron chi connectivity index (χ2n) is 11.4. The lowest BCUT2D eigenvalue weighted by atomic mass is 9.95. The van der Waals surface area contributed by atoms with Crippen LogP contribution in [0, 0.1) is 5.92 Å². The highest BCUT2D eigenvalue weighted by molar-refractivity contribution is 5.79. The maximum Gasteiger partial charge on any atom is 0.430 e. The number of aromatic nitrogens is 2. The van der Waals surface area contributed by atoms with Crippen LogP contribution in [0.4, 0.5) is 26.3 Å². The number of unbranched alkanes of at least 4 members (excludes halogenated alkanes) is 2. The number of hydrogen-bond acceptors (Lipinski definition) is 8. The van der Waals surface area contributed by atoms with E-state index in [1.807, 2.05) is 31.3 Å². The molecule has 49 heavy (non-hydrogen) atoms. The molecule has 1 fully saturated rings. The highest BCUT2D eigenvalue weighted by Crippen LogP contribution is 2.39. The fourth-order valence-electron chi connectivity index (χ4n) is 4.96. The average Bonchev–Trinajstić information content (AvgIpc) is 3.53. The number of H-pyrrole nitrogens is 2. The van der Waals surface area contributed by atoms with Crippen LogP contribution < -0.4 is 34.9 Å². The summed E-state index contributed by atoms with van der Waals surface area (Å²) >= 11 is 0. The Morgan fingerprint density at radius 2 is 1.57 bits per heavy atom. The van der Waals surface area contributed by atoms with Crippen LogP contribution in [0.15, 0.2) is 24.4 Å². The van der Waals surface area contributed by atoms with Crippen molar-refractivity contribution in [3.8, 4) is 22.8 Å². The number of amides is 1. The number of fused-ring (bicyclic) bond motifs is 1. The fraction of sp³-hybridized carbons (Fsp3) is 0.581. The van der Waals surface area contributed by atoms with Crippen molar-refractivity contribution >= 4 is 23.6 Å². The molecule has 3 heterocycles. The molecule has 1 aromatic carbocycles. The third-order valence-corrected chi connectivity index (χ3v) is 7.68. The summed E-state index contributed by atoms with van der Waals surface area (Å²) in [4.78, 5) is 50.7. The van der Waals surface area contributed by atoms with Crippen molar-refractivity contribution in [3.63, 3.8) is 0 Å². The first-order chi connectivity index (χ1) is 22.9. The minimum Gasteiger partial charge on any atom is -0.542 e. The van der Waals surface area contributed by atoms with Crippen LogP contribution >= 0.6 is 0 Å².